The molecule has 0 aliphatic heterocycles. The summed E-state index contributed by atoms with van der Waals surface area (Å²) in [5.41, 5.74) is 6.69. The molecular weight excluding hydrogens is 755 g/mol. The molecule has 0 fully saturated rings. The second kappa shape index (κ2) is 10.1. The zero-order chi connectivity index (χ0) is 29.6. The number of rotatable bonds is 3. The summed E-state index contributed by atoms with van der Waals surface area (Å²) in [4.78, 5) is 9.39. The van der Waals surface area contributed by atoms with Gasteiger partial charge in [-0.3, -0.25) is 4.98 Å². The molecule has 0 aliphatic carbocycles. The number of alkyl halides is 1. The normalized spacial score (nSPS) is 12.6. The zero-order valence-corrected chi connectivity index (χ0v) is 26.3. The molecule has 0 radical (unpaired) electrons. The molecule has 5 heterocycles. The Kier molecular flexibility index (Phi) is 5.93. The van der Waals surface area contributed by atoms with Crippen molar-refractivity contribution in [2.75, 3.05) is 0 Å². The van der Waals surface area contributed by atoms with Crippen molar-refractivity contribution < 1.29 is 29.9 Å². The summed E-state index contributed by atoms with van der Waals surface area (Å²) in [6.07, 6.45) is 4.04. The molecule has 46 heavy (non-hydrogen) atoms. The van der Waals surface area contributed by atoms with Gasteiger partial charge in [0, 0.05) is 40.3 Å². The van der Waals surface area contributed by atoms with Gasteiger partial charge in [-0.15, -0.1) is 29.8 Å². The Bertz CT molecular complexity index is 2810. The minimum absolute atomic E-state index is 0. The maximum Gasteiger partial charge on any atom is 2.00 e. The van der Waals surface area contributed by atoms with Crippen LogP contribution >= 0.6 is 0 Å². The van der Waals surface area contributed by atoms with E-state index in [0.717, 1.165) is 71.2 Å². The number of benzene rings is 5. The van der Waals surface area contributed by atoms with Gasteiger partial charge in [0.2, 0.25) is 0 Å². The monoisotopic (exact) mass is 775 g/mol. The summed E-state index contributed by atoms with van der Waals surface area (Å²) in [5.74, 6) is 0. The molecule has 5 aromatic heterocycles. The molecule has 5 aromatic carbocycles. The molecule has 0 bridgehead atoms. The van der Waals surface area contributed by atoms with Crippen LogP contribution in [0, 0.1) is 12.1 Å². The van der Waals surface area contributed by atoms with Crippen molar-refractivity contribution in [2.24, 2.45) is 0 Å². The summed E-state index contributed by atoms with van der Waals surface area (Å²) in [6, 6.07) is 40.5. The van der Waals surface area contributed by atoms with Gasteiger partial charge < -0.3 is 13.4 Å². The topological polar surface area (TPSA) is 48.3 Å². The molecule has 10 aromatic rings. The maximum absolute atomic E-state index is 16.6. The van der Waals surface area contributed by atoms with Crippen molar-refractivity contribution in [1.29, 1.82) is 0 Å². The maximum atomic E-state index is 16.6. The van der Waals surface area contributed by atoms with Gasteiger partial charge in [0.25, 0.3) is 0 Å². The Morgan fingerprint density at radius 3 is 2.35 bits per heavy atom. The van der Waals surface area contributed by atoms with Crippen LogP contribution in [0.5, 0.6) is 0 Å². The quantitative estimate of drug-likeness (QED) is 0.133. The van der Waals surface area contributed by atoms with E-state index in [4.69, 9.17) is 9.40 Å². The number of aromatic nitrogens is 4. The van der Waals surface area contributed by atoms with E-state index in [-0.39, 0.29) is 21.1 Å². The van der Waals surface area contributed by atoms with Gasteiger partial charge in [0.15, 0.2) is 0 Å². The first-order valence-corrected chi connectivity index (χ1v) is 14.8. The molecule has 0 N–H and O–H groups in total. The van der Waals surface area contributed by atoms with E-state index >= 15 is 4.39 Å². The molecule has 0 saturated carbocycles. The molecule has 7 heteroatoms. The summed E-state index contributed by atoms with van der Waals surface area (Å²) >= 11 is 0. The van der Waals surface area contributed by atoms with Gasteiger partial charge in [-0.1, -0.05) is 58.4 Å². The minimum Gasteiger partial charge on any atom is -0.456 e. The van der Waals surface area contributed by atoms with Crippen LogP contribution in [0.15, 0.2) is 126 Å². The van der Waals surface area contributed by atoms with Crippen LogP contribution in [-0.4, -0.2) is 18.9 Å². The molecule has 0 spiro atoms. The fraction of sp³-hybridized carbons (Fsp3) is 0.0256. The number of hydrogen-bond acceptors (Lipinski definition) is 3. The zero-order valence-electron chi connectivity index (χ0n) is 24.0. The Hall–Kier alpha value is -5.32. The number of fused-ring (bicyclic) bond motifs is 13. The van der Waals surface area contributed by atoms with Gasteiger partial charge in [0.1, 0.15) is 23.0 Å². The third-order valence-electron chi connectivity index (χ3n) is 8.90. The van der Waals surface area contributed by atoms with E-state index in [2.05, 4.69) is 52.0 Å². The van der Waals surface area contributed by atoms with Crippen LogP contribution in [0.3, 0.4) is 0 Å². The summed E-state index contributed by atoms with van der Waals surface area (Å²) in [7, 11) is 0. The SMILES string of the molecule is FC(c1[c-]c(-n2c3ncccc3c3ccc4oc5ccccc5c4c32)ccc1)c1[c-]c2c(cc1)c1ccccc1n1ccnc21.[Pt+2]. The first-order chi connectivity index (χ1) is 22.2. The molecule has 5 nitrogen and oxygen atoms in total. The number of imidazole rings is 1. The molecule has 1 atom stereocenters. The van der Waals surface area contributed by atoms with E-state index < -0.39 is 6.17 Å². The van der Waals surface area contributed by atoms with Gasteiger partial charge in [-0.25, -0.2) is 9.37 Å². The van der Waals surface area contributed by atoms with Crippen LogP contribution in [-0.2, 0) is 21.1 Å². The number of furan rings is 1. The van der Waals surface area contributed by atoms with Gasteiger partial charge in [0.05, 0.1) is 16.6 Å². The number of hydrogen-bond donors (Lipinski definition) is 0. The molecule has 0 aliphatic rings. The molecule has 0 amide bonds. The number of nitrogens with zero attached hydrogens (tertiary/aromatic N) is 4. The summed E-state index contributed by atoms with van der Waals surface area (Å²) in [5, 5.41) is 6.92. The minimum atomic E-state index is -1.45. The van der Waals surface area contributed by atoms with E-state index in [1.165, 1.54) is 0 Å². The van der Waals surface area contributed by atoms with Crippen molar-refractivity contribution >= 4 is 71.2 Å². The Labute approximate surface area is 275 Å². The predicted octanol–water partition coefficient (Wildman–Crippen LogP) is 9.69. The van der Waals surface area contributed by atoms with Gasteiger partial charge in [-0.05, 0) is 41.8 Å². The van der Waals surface area contributed by atoms with Crippen LogP contribution in [0.25, 0.3) is 76.9 Å². The van der Waals surface area contributed by atoms with Crippen LogP contribution in [0.1, 0.15) is 17.3 Å². The van der Waals surface area contributed by atoms with Crippen molar-refractivity contribution in [2.45, 2.75) is 6.17 Å². The second-order valence-electron chi connectivity index (χ2n) is 11.3. The second-order valence-corrected chi connectivity index (χ2v) is 11.3. The first kappa shape index (κ1) is 27.0. The average Bonchev–Trinajstić information content (AvgIpc) is 3.82. The Morgan fingerprint density at radius 1 is 0.630 bits per heavy atom. The fourth-order valence-corrected chi connectivity index (χ4v) is 6.95. The third kappa shape index (κ3) is 3.71. The summed E-state index contributed by atoms with van der Waals surface area (Å²) in [6.45, 7) is 0. The fourth-order valence-electron chi connectivity index (χ4n) is 6.95. The number of halogens is 1. The Morgan fingerprint density at radius 2 is 1.41 bits per heavy atom. The Balaban J connectivity index is 0.00000292. The molecule has 220 valence electrons. The van der Waals surface area contributed by atoms with E-state index in [9.17, 15) is 0 Å². The van der Waals surface area contributed by atoms with Crippen LogP contribution < -0.4 is 0 Å². The molecule has 1 unspecified atom stereocenters. The van der Waals surface area contributed by atoms with Gasteiger partial charge >= 0.3 is 21.1 Å². The third-order valence-corrected chi connectivity index (χ3v) is 8.90. The largest absolute Gasteiger partial charge is 2.00 e. The molecule has 0 saturated heterocycles. The van der Waals surface area contributed by atoms with E-state index in [1.54, 1.807) is 18.5 Å². The predicted molar refractivity (Wildman–Crippen MR) is 177 cm³/mol. The average molecular weight is 776 g/mol. The number of pyridine rings is 2. The van der Waals surface area contributed by atoms with Crippen LogP contribution in [0.4, 0.5) is 4.39 Å². The van der Waals surface area contributed by atoms with Crippen molar-refractivity contribution in [3.63, 3.8) is 0 Å². The van der Waals surface area contributed by atoms with Gasteiger partial charge in [-0.2, -0.15) is 18.2 Å². The number of para-hydroxylation sites is 2. The van der Waals surface area contributed by atoms with Crippen molar-refractivity contribution in [3.05, 3.63) is 145 Å². The molecule has 10 rings (SSSR count). The molecular formula is C39H21FN4OPt. The van der Waals surface area contributed by atoms with Crippen LogP contribution in [0.2, 0.25) is 0 Å². The smallest absolute Gasteiger partial charge is 0.456 e. The standard InChI is InChI=1S/C39H21FN4O.Pt/c40-36(24-14-15-26-27-9-1-3-12-32(27)43-20-19-42-38(43)31(26)22-24)23-7-5-8-25(21-23)44-37-28(29-11-6-18-41-39(29)44)16-17-34-35(37)30-10-2-4-13-33(30)45-34;/h1-20,36H;/q-2;+2. The van der Waals surface area contributed by atoms with E-state index in [0.29, 0.717) is 16.8 Å². The first-order valence-electron chi connectivity index (χ1n) is 14.8. The van der Waals surface area contributed by atoms with E-state index in [1.807, 2.05) is 77.3 Å². The van der Waals surface area contributed by atoms with Crippen molar-refractivity contribution in [3.8, 4) is 5.69 Å². The van der Waals surface area contributed by atoms with Crippen molar-refractivity contribution in [1.82, 2.24) is 18.9 Å². The summed E-state index contributed by atoms with van der Waals surface area (Å²) < 4.78 is 26.9.